The SMILES string of the molecule is O=C(c1ccccc1)N1CCC(O)(c2ccccc2)C2=C1CCCC2. The van der Waals surface area contributed by atoms with E-state index in [1.54, 1.807) is 0 Å². The first kappa shape index (κ1) is 16.1. The van der Waals surface area contributed by atoms with Crippen molar-refractivity contribution in [1.29, 1.82) is 0 Å². The van der Waals surface area contributed by atoms with Gasteiger partial charge in [-0.2, -0.15) is 0 Å². The van der Waals surface area contributed by atoms with Crippen LogP contribution in [0, 0.1) is 0 Å². The highest BCUT2D eigenvalue weighted by Gasteiger charge is 2.42. The molecular formula is C22H23NO2. The summed E-state index contributed by atoms with van der Waals surface area (Å²) in [6, 6.07) is 19.3. The number of carbonyl (C=O) groups excluding carboxylic acids is 1. The van der Waals surface area contributed by atoms with Crippen molar-refractivity contribution < 1.29 is 9.90 Å². The Bertz CT molecular complexity index is 797. The molecule has 4 rings (SSSR count). The first-order valence-corrected chi connectivity index (χ1v) is 9.07. The van der Waals surface area contributed by atoms with Crippen LogP contribution in [0.1, 0.15) is 48.0 Å². The molecule has 1 amide bonds. The highest BCUT2D eigenvalue weighted by atomic mass is 16.3. The van der Waals surface area contributed by atoms with Crippen LogP contribution in [-0.2, 0) is 5.60 Å². The topological polar surface area (TPSA) is 40.5 Å². The number of benzene rings is 2. The molecule has 1 unspecified atom stereocenters. The molecule has 1 aliphatic heterocycles. The molecule has 0 saturated carbocycles. The molecule has 25 heavy (non-hydrogen) atoms. The normalized spacial score (nSPS) is 23.3. The second-order valence-corrected chi connectivity index (χ2v) is 6.93. The Hall–Kier alpha value is -2.39. The van der Waals surface area contributed by atoms with Crippen LogP contribution in [0.2, 0.25) is 0 Å². The standard InChI is InChI=1S/C22H23NO2/c24-21(17-9-3-1-4-10-17)23-16-15-22(25,18-11-5-2-6-12-18)19-13-7-8-14-20(19)23/h1-6,9-12,25H,7-8,13-16H2. The Morgan fingerprint density at radius 2 is 1.56 bits per heavy atom. The van der Waals surface area contributed by atoms with E-state index in [0.29, 0.717) is 18.5 Å². The first-order valence-electron chi connectivity index (χ1n) is 9.07. The van der Waals surface area contributed by atoms with E-state index in [9.17, 15) is 9.90 Å². The molecule has 2 aliphatic rings. The smallest absolute Gasteiger partial charge is 0.258 e. The Labute approximate surface area is 148 Å². The van der Waals surface area contributed by atoms with Crippen LogP contribution < -0.4 is 0 Å². The van der Waals surface area contributed by atoms with E-state index in [1.807, 2.05) is 65.6 Å². The van der Waals surface area contributed by atoms with Crippen LogP contribution in [0.25, 0.3) is 0 Å². The van der Waals surface area contributed by atoms with E-state index in [-0.39, 0.29) is 5.91 Å². The van der Waals surface area contributed by atoms with Crippen molar-refractivity contribution in [2.75, 3.05) is 6.54 Å². The third-order valence-corrected chi connectivity index (χ3v) is 5.48. The Balaban J connectivity index is 1.76. The molecule has 2 aromatic carbocycles. The van der Waals surface area contributed by atoms with Crippen LogP contribution in [0.4, 0.5) is 0 Å². The maximum Gasteiger partial charge on any atom is 0.258 e. The van der Waals surface area contributed by atoms with Gasteiger partial charge in [-0.1, -0.05) is 48.5 Å². The molecule has 0 aromatic heterocycles. The maximum absolute atomic E-state index is 13.0. The molecule has 2 aromatic rings. The van der Waals surface area contributed by atoms with Crippen molar-refractivity contribution in [3.63, 3.8) is 0 Å². The van der Waals surface area contributed by atoms with Crippen molar-refractivity contribution in [2.45, 2.75) is 37.7 Å². The van der Waals surface area contributed by atoms with Crippen molar-refractivity contribution >= 4 is 5.91 Å². The second kappa shape index (κ2) is 6.49. The summed E-state index contributed by atoms with van der Waals surface area (Å²) >= 11 is 0. The van der Waals surface area contributed by atoms with Crippen LogP contribution in [0.3, 0.4) is 0 Å². The molecule has 0 bridgehead atoms. The van der Waals surface area contributed by atoms with E-state index in [4.69, 9.17) is 0 Å². The van der Waals surface area contributed by atoms with Crippen molar-refractivity contribution in [3.8, 4) is 0 Å². The van der Waals surface area contributed by atoms with E-state index in [0.717, 1.165) is 42.5 Å². The van der Waals surface area contributed by atoms with E-state index in [1.165, 1.54) is 0 Å². The number of aliphatic hydroxyl groups is 1. The third-order valence-electron chi connectivity index (χ3n) is 5.48. The summed E-state index contributed by atoms with van der Waals surface area (Å²) in [5.74, 6) is 0.0464. The summed E-state index contributed by atoms with van der Waals surface area (Å²) in [6.07, 6.45) is 4.42. The second-order valence-electron chi connectivity index (χ2n) is 6.93. The largest absolute Gasteiger partial charge is 0.381 e. The lowest BCUT2D eigenvalue weighted by Gasteiger charge is -2.44. The summed E-state index contributed by atoms with van der Waals surface area (Å²) in [5, 5.41) is 11.5. The van der Waals surface area contributed by atoms with Crippen molar-refractivity contribution in [1.82, 2.24) is 4.90 Å². The highest BCUT2D eigenvalue weighted by Crippen LogP contribution is 2.45. The molecule has 0 saturated heterocycles. The number of amides is 1. The van der Waals surface area contributed by atoms with Crippen LogP contribution in [-0.4, -0.2) is 22.5 Å². The molecule has 128 valence electrons. The molecule has 1 aliphatic carbocycles. The fourth-order valence-electron chi connectivity index (χ4n) is 4.19. The summed E-state index contributed by atoms with van der Waals surface area (Å²) in [5.41, 5.74) is 2.80. The lowest BCUT2D eigenvalue weighted by atomic mass is 9.74. The van der Waals surface area contributed by atoms with E-state index in [2.05, 4.69) is 0 Å². The molecular weight excluding hydrogens is 310 g/mol. The zero-order valence-electron chi connectivity index (χ0n) is 14.3. The molecule has 3 heteroatoms. The zero-order chi connectivity index (χ0) is 17.3. The predicted octanol–water partition coefficient (Wildman–Crippen LogP) is 4.25. The van der Waals surface area contributed by atoms with Gasteiger partial charge in [0.2, 0.25) is 0 Å². The minimum Gasteiger partial charge on any atom is -0.381 e. The summed E-state index contributed by atoms with van der Waals surface area (Å²) in [6.45, 7) is 0.554. The number of hydrogen-bond donors (Lipinski definition) is 1. The number of rotatable bonds is 2. The molecule has 1 atom stereocenters. The van der Waals surface area contributed by atoms with Crippen LogP contribution >= 0.6 is 0 Å². The quantitative estimate of drug-likeness (QED) is 0.892. The molecule has 1 N–H and O–H groups in total. The van der Waals surface area contributed by atoms with Crippen LogP contribution in [0.15, 0.2) is 71.9 Å². The van der Waals surface area contributed by atoms with Gasteiger partial charge in [0.25, 0.3) is 5.91 Å². The predicted molar refractivity (Wildman–Crippen MR) is 97.9 cm³/mol. The Kier molecular flexibility index (Phi) is 4.18. The molecule has 0 fully saturated rings. The van der Waals surface area contributed by atoms with Gasteiger partial charge in [0, 0.05) is 24.2 Å². The minimum absolute atomic E-state index is 0.0464. The number of carbonyl (C=O) groups is 1. The van der Waals surface area contributed by atoms with Gasteiger partial charge in [-0.05, 0) is 49.0 Å². The summed E-state index contributed by atoms with van der Waals surface area (Å²) in [7, 11) is 0. The zero-order valence-corrected chi connectivity index (χ0v) is 14.3. The van der Waals surface area contributed by atoms with Crippen molar-refractivity contribution in [3.05, 3.63) is 83.1 Å². The van der Waals surface area contributed by atoms with Crippen molar-refractivity contribution in [2.24, 2.45) is 0 Å². The average molecular weight is 333 g/mol. The van der Waals surface area contributed by atoms with Gasteiger partial charge in [0.1, 0.15) is 5.60 Å². The average Bonchev–Trinajstić information content (AvgIpc) is 2.69. The van der Waals surface area contributed by atoms with Gasteiger partial charge in [-0.15, -0.1) is 0 Å². The van der Waals surface area contributed by atoms with Gasteiger partial charge in [0.15, 0.2) is 0 Å². The summed E-state index contributed by atoms with van der Waals surface area (Å²) in [4.78, 5) is 14.9. The van der Waals surface area contributed by atoms with Crippen LogP contribution in [0.5, 0.6) is 0 Å². The molecule has 3 nitrogen and oxygen atoms in total. The lowest BCUT2D eigenvalue weighted by molar-refractivity contribution is 0.0293. The monoisotopic (exact) mass is 333 g/mol. The first-order chi connectivity index (χ1) is 12.2. The van der Waals surface area contributed by atoms with E-state index < -0.39 is 5.60 Å². The molecule has 0 spiro atoms. The third kappa shape index (κ3) is 2.79. The fraction of sp³-hybridized carbons (Fsp3) is 0.318. The summed E-state index contributed by atoms with van der Waals surface area (Å²) < 4.78 is 0. The highest BCUT2D eigenvalue weighted by molar-refractivity contribution is 5.95. The number of allylic oxidation sites excluding steroid dienone is 1. The number of hydrogen-bond acceptors (Lipinski definition) is 2. The molecule has 1 heterocycles. The maximum atomic E-state index is 13.0. The minimum atomic E-state index is -0.940. The number of nitrogens with zero attached hydrogens (tertiary/aromatic N) is 1. The van der Waals surface area contributed by atoms with Gasteiger partial charge in [0.05, 0.1) is 0 Å². The van der Waals surface area contributed by atoms with Gasteiger partial charge in [-0.3, -0.25) is 4.79 Å². The fourth-order valence-corrected chi connectivity index (χ4v) is 4.19. The Morgan fingerprint density at radius 1 is 0.920 bits per heavy atom. The lowest BCUT2D eigenvalue weighted by Crippen LogP contribution is -2.45. The van der Waals surface area contributed by atoms with Gasteiger partial charge in [-0.25, -0.2) is 0 Å². The van der Waals surface area contributed by atoms with Gasteiger partial charge >= 0.3 is 0 Å². The molecule has 0 radical (unpaired) electrons. The Morgan fingerprint density at radius 3 is 2.28 bits per heavy atom. The van der Waals surface area contributed by atoms with Gasteiger partial charge < -0.3 is 10.0 Å². The van der Waals surface area contributed by atoms with E-state index >= 15 is 0 Å².